The highest BCUT2D eigenvalue weighted by atomic mass is 16.6. The van der Waals surface area contributed by atoms with Crippen molar-refractivity contribution in [2.24, 2.45) is 11.8 Å². The molecule has 166 valence electrons. The molecule has 1 heterocycles. The van der Waals surface area contributed by atoms with Gasteiger partial charge in [-0.1, -0.05) is 20.3 Å². The van der Waals surface area contributed by atoms with Crippen molar-refractivity contribution in [3.63, 3.8) is 0 Å². The molecule has 0 spiro atoms. The van der Waals surface area contributed by atoms with Gasteiger partial charge < -0.3 is 25.4 Å². The maximum atomic E-state index is 12.5. The first kappa shape index (κ1) is 24.7. The Kier molecular flexibility index (Phi) is 8.91. The van der Waals surface area contributed by atoms with Crippen LogP contribution in [0.25, 0.3) is 0 Å². The molecule has 0 saturated carbocycles. The number of carboxylic acid groups (broad SMARTS) is 1. The smallest absolute Gasteiger partial charge is 0.408 e. The van der Waals surface area contributed by atoms with Crippen molar-refractivity contribution in [3.05, 3.63) is 0 Å². The zero-order valence-electron chi connectivity index (χ0n) is 18.3. The Labute approximate surface area is 172 Å². The second-order valence-corrected chi connectivity index (χ2v) is 8.68. The van der Waals surface area contributed by atoms with E-state index in [1.165, 1.54) is 0 Å². The standard InChI is InChI=1S/C20H35N3O6/c1-7-12(2)15(18(26)27)22-16(24)14-8-10-23(11-9-14)17(25)13(3)21-19(28)29-20(4,5)6/h12-15H,7-11H2,1-6H3,(H,21,28)(H,22,24)(H,26,27)/t12?,13-,15-/m0/s1. The van der Waals surface area contributed by atoms with Gasteiger partial charge in [0, 0.05) is 19.0 Å². The predicted octanol–water partition coefficient (Wildman–Crippen LogP) is 1.75. The van der Waals surface area contributed by atoms with E-state index in [1.807, 2.05) is 6.92 Å². The summed E-state index contributed by atoms with van der Waals surface area (Å²) in [4.78, 5) is 49.9. The monoisotopic (exact) mass is 413 g/mol. The number of hydrogen-bond donors (Lipinski definition) is 3. The van der Waals surface area contributed by atoms with Gasteiger partial charge in [0.2, 0.25) is 11.8 Å². The number of nitrogens with one attached hydrogen (secondary N) is 2. The summed E-state index contributed by atoms with van der Waals surface area (Å²) < 4.78 is 5.16. The molecule has 9 heteroatoms. The Hall–Kier alpha value is -2.32. The number of nitrogens with zero attached hydrogens (tertiary/aromatic N) is 1. The topological polar surface area (TPSA) is 125 Å². The third-order valence-electron chi connectivity index (χ3n) is 5.06. The van der Waals surface area contributed by atoms with Gasteiger partial charge in [-0.05, 0) is 46.5 Å². The molecule has 3 N–H and O–H groups in total. The molecule has 1 rings (SSSR count). The van der Waals surface area contributed by atoms with Crippen molar-refractivity contribution in [2.45, 2.75) is 78.5 Å². The number of alkyl carbamates (subject to hydrolysis) is 1. The SMILES string of the molecule is CCC(C)[C@H](NC(=O)C1CCN(C(=O)[C@H](C)NC(=O)OC(C)(C)C)CC1)C(=O)O. The third-order valence-corrected chi connectivity index (χ3v) is 5.06. The Morgan fingerprint density at radius 3 is 2.10 bits per heavy atom. The zero-order valence-corrected chi connectivity index (χ0v) is 18.3. The van der Waals surface area contributed by atoms with Crippen LogP contribution in [0.3, 0.4) is 0 Å². The first-order chi connectivity index (χ1) is 13.4. The van der Waals surface area contributed by atoms with E-state index in [-0.39, 0.29) is 23.7 Å². The summed E-state index contributed by atoms with van der Waals surface area (Å²) in [5, 5.41) is 14.5. The van der Waals surface area contributed by atoms with E-state index < -0.39 is 29.7 Å². The second kappa shape index (κ2) is 10.5. The number of carbonyl (C=O) groups excluding carboxylic acids is 3. The molecule has 9 nitrogen and oxygen atoms in total. The highest BCUT2D eigenvalue weighted by Crippen LogP contribution is 2.19. The van der Waals surface area contributed by atoms with Crippen molar-refractivity contribution < 1.29 is 29.0 Å². The van der Waals surface area contributed by atoms with Crippen molar-refractivity contribution in [1.82, 2.24) is 15.5 Å². The van der Waals surface area contributed by atoms with E-state index in [0.717, 1.165) is 0 Å². The van der Waals surface area contributed by atoms with Gasteiger partial charge in [0.15, 0.2) is 0 Å². The van der Waals surface area contributed by atoms with Crippen LogP contribution in [0.5, 0.6) is 0 Å². The maximum absolute atomic E-state index is 12.5. The number of likely N-dealkylation sites (tertiary alicyclic amines) is 1. The molecule has 0 aromatic rings. The number of piperidine rings is 1. The highest BCUT2D eigenvalue weighted by molar-refractivity contribution is 5.87. The van der Waals surface area contributed by atoms with Crippen LogP contribution in [0, 0.1) is 11.8 Å². The molecule has 0 bridgehead atoms. The average molecular weight is 414 g/mol. The average Bonchev–Trinajstić information content (AvgIpc) is 2.62. The fourth-order valence-electron chi connectivity index (χ4n) is 3.14. The summed E-state index contributed by atoms with van der Waals surface area (Å²) in [6, 6.07) is -1.65. The minimum absolute atomic E-state index is 0.169. The number of rotatable bonds is 7. The number of carbonyl (C=O) groups is 4. The first-order valence-electron chi connectivity index (χ1n) is 10.2. The number of ether oxygens (including phenoxy) is 1. The molecule has 0 radical (unpaired) electrons. The van der Waals surface area contributed by atoms with E-state index in [4.69, 9.17) is 4.74 Å². The van der Waals surface area contributed by atoms with Crippen molar-refractivity contribution in [3.8, 4) is 0 Å². The number of carboxylic acids is 1. The van der Waals surface area contributed by atoms with Gasteiger partial charge >= 0.3 is 12.1 Å². The van der Waals surface area contributed by atoms with Crippen LogP contribution in [-0.2, 0) is 19.1 Å². The van der Waals surface area contributed by atoms with Gasteiger partial charge in [0.25, 0.3) is 0 Å². The number of aliphatic carboxylic acids is 1. The molecular weight excluding hydrogens is 378 g/mol. The van der Waals surface area contributed by atoms with Gasteiger partial charge in [0.05, 0.1) is 0 Å². The fraction of sp³-hybridized carbons (Fsp3) is 0.800. The fourth-order valence-corrected chi connectivity index (χ4v) is 3.14. The molecule has 1 aliphatic heterocycles. The van der Waals surface area contributed by atoms with E-state index in [0.29, 0.717) is 32.4 Å². The largest absolute Gasteiger partial charge is 0.480 e. The summed E-state index contributed by atoms with van der Waals surface area (Å²) in [5.41, 5.74) is -0.651. The molecular formula is C20H35N3O6. The van der Waals surface area contributed by atoms with Crippen LogP contribution >= 0.6 is 0 Å². The predicted molar refractivity (Wildman–Crippen MR) is 107 cm³/mol. The van der Waals surface area contributed by atoms with E-state index >= 15 is 0 Å². The summed E-state index contributed by atoms with van der Waals surface area (Å²) in [5.74, 6) is -2.07. The Morgan fingerprint density at radius 1 is 1.10 bits per heavy atom. The van der Waals surface area contributed by atoms with Gasteiger partial charge in [0.1, 0.15) is 17.7 Å². The van der Waals surface area contributed by atoms with E-state index in [9.17, 15) is 24.3 Å². The summed E-state index contributed by atoms with van der Waals surface area (Å²) in [6.45, 7) is 11.2. The van der Waals surface area contributed by atoms with Crippen molar-refractivity contribution in [1.29, 1.82) is 0 Å². The molecule has 0 aliphatic carbocycles. The molecule has 3 atom stereocenters. The molecule has 1 aliphatic rings. The lowest BCUT2D eigenvalue weighted by Gasteiger charge is -2.34. The van der Waals surface area contributed by atoms with Crippen LogP contribution in [-0.4, -0.2) is 64.7 Å². The molecule has 1 saturated heterocycles. The Bertz CT molecular complexity index is 608. The van der Waals surface area contributed by atoms with E-state index in [2.05, 4.69) is 10.6 Å². The minimum Gasteiger partial charge on any atom is -0.480 e. The zero-order chi connectivity index (χ0) is 22.4. The van der Waals surface area contributed by atoms with E-state index in [1.54, 1.807) is 39.5 Å². The second-order valence-electron chi connectivity index (χ2n) is 8.68. The maximum Gasteiger partial charge on any atom is 0.408 e. The van der Waals surface area contributed by atoms with Crippen LogP contribution in [0.1, 0.15) is 60.8 Å². The minimum atomic E-state index is -1.04. The molecule has 1 unspecified atom stereocenters. The van der Waals surface area contributed by atoms with Gasteiger partial charge in [-0.2, -0.15) is 0 Å². The Balaban J connectivity index is 2.54. The molecule has 1 fully saturated rings. The molecule has 0 aromatic heterocycles. The van der Waals surface area contributed by atoms with Gasteiger partial charge in [-0.25, -0.2) is 9.59 Å². The Morgan fingerprint density at radius 2 is 1.66 bits per heavy atom. The lowest BCUT2D eigenvalue weighted by atomic mass is 9.93. The highest BCUT2D eigenvalue weighted by Gasteiger charge is 2.33. The lowest BCUT2D eigenvalue weighted by Crippen LogP contribution is -2.52. The van der Waals surface area contributed by atoms with Crippen LogP contribution < -0.4 is 10.6 Å². The van der Waals surface area contributed by atoms with Crippen LogP contribution in [0.2, 0.25) is 0 Å². The first-order valence-corrected chi connectivity index (χ1v) is 10.2. The number of amides is 3. The normalized spacial score (nSPS) is 18.3. The van der Waals surface area contributed by atoms with Gasteiger partial charge in [-0.15, -0.1) is 0 Å². The number of hydrogen-bond acceptors (Lipinski definition) is 5. The summed E-state index contributed by atoms with van der Waals surface area (Å²) in [7, 11) is 0. The molecule has 29 heavy (non-hydrogen) atoms. The third kappa shape index (κ3) is 7.91. The molecule has 0 aromatic carbocycles. The van der Waals surface area contributed by atoms with Crippen molar-refractivity contribution in [2.75, 3.05) is 13.1 Å². The summed E-state index contributed by atoms with van der Waals surface area (Å²) in [6.07, 6.45) is 0.886. The quantitative estimate of drug-likeness (QED) is 0.584. The molecule has 3 amide bonds. The van der Waals surface area contributed by atoms with Gasteiger partial charge in [-0.3, -0.25) is 9.59 Å². The van der Waals surface area contributed by atoms with Crippen LogP contribution in [0.15, 0.2) is 0 Å². The summed E-state index contributed by atoms with van der Waals surface area (Å²) >= 11 is 0. The van der Waals surface area contributed by atoms with Crippen LogP contribution in [0.4, 0.5) is 4.79 Å². The lowest BCUT2D eigenvalue weighted by molar-refractivity contribution is -0.144. The van der Waals surface area contributed by atoms with Crippen molar-refractivity contribution >= 4 is 23.9 Å².